The number of hydrogen-bond acceptors (Lipinski definition) is 3. The number of rotatable bonds is 8. The molecule has 0 radical (unpaired) electrons. The number of anilines is 1. The molecule has 1 N–H and O–H groups in total. The average Bonchev–Trinajstić information content (AvgIpc) is 2.39. The Bertz CT molecular complexity index is 315. The molecule has 3 nitrogen and oxygen atoms in total. The molecule has 3 heteroatoms. The molecule has 1 unspecified atom stereocenters. The molecule has 18 heavy (non-hydrogen) atoms. The van der Waals surface area contributed by atoms with Crippen molar-refractivity contribution in [1.82, 2.24) is 10.3 Å². The van der Waals surface area contributed by atoms with Crippen molar-refractivity contribution in [3.63, 3.8) is 0 Å². The van der Waals surface area contributed by atoms with Crippen LogP contribution in [-0.2, 0) is 0 Å². The maximum atomic E-state index is 4.61. The van der Waals surface area contributed by atoms with Gasteiger partial charge in [0, 0.05) is 25.3 Å². The van der Waals surface area contributed by atoms with E-state index in [1.807, 2.05) is 6.20 Å². The second-order valence-corrected chi connectivity index (χ2v) is 4.72. The summed E-state index contributed by atoms with van der Waals surface area (Å²) in [5.41, 5.74) is 1.26. The van der Waals surface area contributed by atoms with Crippen LogP contribution >= 0.6 is 0 Å². The first-order valence-electron chi connectivity index (χ1n) is 7.17. The molecule has 0 aliphatic heterocycles. The molecular formula is C15H27N3. The van der Waals surface area contributed by atoms with Gasteiger partial charge in [0.25, 0.3) is 0 Å². The van der Waals surface area contributed by atoms with Gasteiger partial charge in [-0.25, -0.2) is 4.98 Å². The van der Waals surface area contributed by atoms with Crippen LogP contribution in [0.25, 0.3) is 0 Å². The topological polar surface area (TPSA) is 28.2 Å². The second kappa shape index (κ2) is 8.09. The minimum absolute atomic E-state index is 0.377. The normalized spacial score (nSPS) is 12.4. The average molecular weight is 249 g/mol. The van der Waals surface area contributed by atoms with Gasteiger partial charge < -0.3 is 10.2 Å². The molecule has 1 aromatic rings. The number of nitrogens with zero attached hydrogens (tertiary/aromatic N) is 2. The van der Waals surface area contributed by atoms with E-state index < -0.39 is 0 Å². The van der Waals surface area contributed by atoms with Crippen molar-refractivity contribution in [2.45, 2.75) is 46.6 Å². The van der Waals surface area contributed by atoms with Crippen molar-refractivity contribution in [1.29, 1.82) is 0 Å². The van der Waals surface area contributed by atoms with E-state index in [9.17, 15) is 0 Å². The Hall–Kier alpha value is -1.09. The fourth-order valence-corrected chi connectivity index (χ4v) is 2.15. The van der Waals surface area contributed by atoms with Gasteiger partial charge in [-0.05, 0) is 37.9 Å². The number of pyridine rings is 1. The highest BCUT2D eigenvalue weighted by molar-refractivity contribution is 5.39. The fraction of sp³-hybridized carbons (Fsp3) is 0.667. The van der Waals surface area contributed by atoms with Crippen LogP contribution in [-0.4, -0.2) is 24.6 Å². The zero-order valence-corrected chi connectivity index (χ0v) is 12.2. The molecule has 0 aromatic carbocycles. The molecule has 0 bridgehead atoms. The van der Waals surface area contributed by atoms with E-state index in [0.717, 1.165) is 38.3 Å². The Labute approximate surface area is 112 Å². The molecule has 1 atom stereocenters. The van der Waals surface area contributed by atoms with Crippen molar-refractivity contribution in [3.8, 4) is 0 Å². The van der Waals surface area contributed by atoms with E-state index in [1.54, 1.807) is 0 Å². The molecule has 0 aliphatic rings. The zero-order valence-electron chi connectivity index (χ0n) is 12.2. The minimum Gasteiger partial charge on any atom is -0.357 e. The largest absolute Gasteiger partial charge is 0.357 e. The molecule has 1 heterocycles. The van der Waals surface area contributed by atoms with Crippen LogP contribution < -0.4 is 10.2 Å². The molecule has 0 saturated heterocycles. The maximum Gasteiger partial charge on any atom is 0.128 e. The van der Waals surface area contributed by atoms with Gasteiger partial charge in [0.1, 0.15) is 5.82 Å². The molecule has 1 aromatic heterocycles. The molecule has 0 spiro atoms. The molecular weight excluding hydrogens is 222 g/mol. The van der Waals surface area contributed by atoms with E-state index in [2.05, 4.69) is 55.0 Å². The van der Waals surface area contributed by atoms with Crippen LogP contribution in [0.15, 0.2) is 18.3 Å². The highest BCUT2D eigenvalue weighted by atomic mass is 15.2. The van der Waals surface area contributed by atoms with Crippen LogP contribution in [0, 0.1) is 0 Å². The molecule has 0 fully saturated rings. The van der Waals surface area contributed by atoms with Crippen LogP contribution in [0.4, 0.5) is 5.82 Å². The predicted molar refractivity (Wildman–Crippen MR) is 79.1 cm³/mol. The first-order valence-corrected chi connectivity index (χ1v) is 7.17. The highest BCUT2D eigenvalue weighted by Crippen LogP contribution is 2.16. The standard InChI is InChI=1S/C15H27N3/c1-5-10-18(11-6-2)15-9-8-14(12-17-15)13(4)16-7-3/h8-9,12-13,16H,5-7,10-11H2,1-4H3. The lowest BCUT2D eigenvalue weighted by molar-refractivity contribution is 0.596. The van der Waals surface area contributed by atoms with Crippen LogP contribution in [0.3, 0.4) is 0 Å². The van der Waals surface area contributed by atoms with Gasteiger partial charge in [-0.15, -0.1) is 0 Å². The summed E-state index contributed by atoms with van der Waals surface area (Å²) in [4.78, 5) is 6.97. The summed E-state index contributed by atoms with van der Waals surface area (Å²) < 4.78 is 0. The minimum atomic E-state index is 0.377. The Morgan fingerprint density at radius 3 is 2.28 bits per heavy atom. The van der Waals surface area contributed by atoms with Crippen LogP contribution in [0.1, 0.15) is 52.1 Å². The molecule has 0 saturated carbocycles. The molecule has 1 rings (SSSR count). The lowest BCUT2D eigenvalue weighted by atomic mass is 10.1. The summed E-state index contributed by atoms with van der Waals surface area (Å²) in [5, 5.41) is 3.41. The van der Waals surface area contributed by atoms with Crippen molar-refractivity contribution in [3.05, 3.63) is 23.9 Å². The Kier molecular flexibility index (Phi) is 6.73. The lowest BCUT2D eigenvalue weighted by Gasteiger charge is -2.23. The third-order valence-corrected chi connectivity index (χ3v) is 3.09. The van der Waals surface area contributed by atoms with Gasteiger partial charge in [0.05, 0.1) is 0 Å². The SMILES string of the molecule is CCCN(CCC)c1ccc(C(C)NCC)cn1. The molecule has 0 aliphatic carbocycles. The van der Waals surface area contributed by atoms with Gasteiger partial charge in [-0.2, -0.15) is 0 Å². The summed E-state index contributed by atoms with van der Waals surface area (Å²) in [5.74, 6) is 1.10. The van der Waals surface area contributed by atoms with Crippen LogP contribution in [0.5, 0.6) is 0 Å². The van der Waals surface area contributed by atoms with E-state index in [-0.39, 0.29) is 0 Å². The second-order valence-electron chi connectivity index (χ2n) is 4.72. The molecule has 102 valence electrons. The summed E-state index contributed by atoms with van der Waals surface area (Å²) in [6.45, 7) is 11.9. The third-order valence-electron chi connectivity index (χ3n) is 3.09. The third kappa shape index (κ3) is 4.30. The Balaban J connectivity index is 2.73. The van der Waals surface area contributed by atoms with Crippen molar-refractivity contribution >= 4 is 5.82 Å². The number of aromatic nitrogens is 1. The van der Waals surface area contributed by atoms with E-state index in [1.165, 1.54) is 5.56 Å². The quantitative estimate of drug-likeness (QED) is 0.765. The van der Waals surface area contributed by atoms with Crippen molar-refractivity contribution in [2.24, 2.45) is 0 Å². The lowest BCUT2D eigenvalue weighted by Crippen LogP contribution is -2.26. The Morgan fingerprint density at radius 1 is 1.17 bits per heavy atom. The maximum absolute atomic E-state index is 4.61. The van der Waals surface area contributed by atoms with Crippen LogP contribution in [0.2, 0.25) is 0 Å². The summed E-state index contributed by atoms with van der Waals surface area (Å²) >= 11 is 0. The van der Waals surface area contributed by atoms with E-state index in [0.29, 0.717) is 6.04 Å². The number of nitrogens with one attached hydrogen (secondary N) is 1. The highest BCUT2D eigenvalue weighted by Gasteiger charge is 2.08. The zero-order chi connectivity index (χ0) is 13.4. The summed E-state index contributed by atoms with van der Waals surface area (Å²) in [6, 6.07) is 4.71. The van der Waals surface area contributed by atoms with Gasteiger partial charge in [0.2, 0.25) is 0 Å². The predicted octanol–water partition coefficient (Wildman–Crippen LogP) is 3.38. The monoisotopic (exact) mass is 249 g/mol. The molecule has 0 amide bonds. The van der Waals surface area contributed by atoms with Gasteiger partial charge in [-0.3, -0.25) is 0 Å². The summed E-state index contributed by atoms with van der Waals surface area (Å²) in [7, 11) is 0. The van der Waals surface area contributed by atoms with E-state index in [4.69, 9.17) is 0 Å². The smallest absolute Gasteiger partial charge is 0.128 e. The van der Waals surface area contributed by atoms with Crippen molar-refractivity contribution in [2.75, 3.05) is 24.5 Å². The Morgan fingerprint density at radius 2 is 1.83 bits per heavy atom. The van der Waals surface area contributed by atoms with Gasteiger partial charge in [0.15, 0.2) is 0 Å². The first kappa shape index (κ1) is 15.0. The summed E-state index contributed by atoms with van der Waals surface area (Å²) in [6.07, 6.45) is 4.33. The van der Waals surface area contributed by atoms with Gasteiger partial charge in [-0.1, -0.05) is 26.8 Å². The van der Waals surface area contributed by atoms with Gasteiger partial charge >= 0.3 is 0 Å². The van der Waals surface area contributed by atoms with Crippen molar-refractivity contribution < 1.29 is 0 Å². The fourth-order valence-electron chi connectivity index (χ4n) is 2.15. The first-order chi connectivity index (χ1) is 8.72. The number of hydrogen-bond donors (Lipinski definition) is 1. The van der Waals surface area contributed by atoms with E-state index >= 15 is 0 Å².